The minimum absolute atomic E-state index is 0.0212. The maximum Gasteiger partial charge on any atom is 0.238 e. The van der Waals surface area contributed by atoms with Gasteiger partial charge >= 0.3 is 0 Å². The number of hydrogen-bond donors (Lipinski definition) is 1. The third kappa shape index (κ3) is 5.00. The van der Waals surface area contributed by atoms with Crippen molar-refractivity contribution in [3.05, 3.63) is 78.4 Å². The molecular weight excluding hydrogens is 362 g/mol. The minimum Gasteiger partial charge on any atom is -0.340 e. The number of rotatable bonds is 5. The molecule has 1 aliphatic heterocycles. The molecule has 148 valence electrons. The van der Waals surface area contributed by atoms with Crippen LogP contribution in [0.1, 0.15) is 5.56 Å². The molecule has 29 heavy (non-hydrogen) atoms. The minimum atomic E-state index is -0.0212. The lowest BCUT2D eigenvalue weighted by Gasteiger charge is -2.34. The van der Waals surface area contributed by atoms with E-state index in [1.54, 1.807) is 0 Å². The zero-order chi connectivity index (χ0) is 20.1. The summed E-state index contributed by atoms with van der Waals surface area (Å²) in [5.74, 6) is 0.126. The van der Waals surface area contributed by atoms with Crippen LogP contribution < -0.4 is 5.32 Å². The Balaban J connectivity index is 1.26. The summed E-state index contributed by atoms with van der Waals surface area (Å²) in [5.41, 5.74) is 1.85. The smallest absolute Gasteiger partial charge is 0.238 e. The second-order valence-electron chi connectivity index (χ2n) is 7.43. The van der Waals surface area contributed by atoms with Gasteiger partial charge in [0.1, 0.15) is 0 Å². The first-order valence-electron chi connectivity index (χ1n) is 10.00. The molecule has 5 heteroatoms. The number of nitrogens with one attached hydrogen (secondary N) is 1. The first-order valence-corrected chi connectivity index (χ1v) is 10.00. The van der Waals surface area contributed by atoms with Crippen LogP contribution in [0.15, 0.2) is 72.8 Å². The van der Waals surface area contributed by atoms with Crippen molar-refractivity contribution in [3.8, 4) is 0 Å². The van der Waals surface area contributed by atoms with Gasteiger partial charge in [-0.25, -0.2) is 0 Å². The predicted molar refractivity (Wildman–Crippen MR) is 116 cm³/mol. The van der Waals surface area contributed by atoms with Crippen molar-refractivity contribution in [2.75, 3.05) is 38.0 Å². The van der Waals surface area contributed by atoms with Crippen LogP contribution in [0.2, 0.25) is 0 Å². The number of carbonyl (C=O) groups excluding carboxylic acids is 2. The first-order chi connectivity index (χ1) is 14.2. The Morgan fingerprint density at radius 2 is 1.48 bits per heavy atom. The molecule has 5 nitrogen and oxygen atoms in total. The molecule has 1 fully saturated rings. The van der Waals surface area contributed by atoms with E-state index in [-0.39, 0.29) is 11.8 Å². The molecule has 1 aliphatic rings. The Bertz CT molecular complexity index is 995. The highest BCUT2D eigenvalue weighted by Crippen LogP contribution is 2.17. The molecule has 0 saturated carbocycles. The van der Waals surface area contributed by atoms with Crippen LogP contribution >= 0.6 is 0 Å². The molecule has 0 radical (unpaired) electrons. The van der Waals surface area contributed by atoms with Gasteiger partial charge in [0.05, 0.1) is 13.0 Å². The molecule has 2 amide bonds. The van der Waals surface area contributed by atoms with Crippen molar-refractivity contribution in [2.24, 2.45) is 0 Å². The molecule has 0 aromatic heterocycles. The molecule has 1 heterocycles. The third-order valence-electron chi connectivity index (χ3n) is 5.32. The van der Waals surface area contributed by atoms with E-state index in [9.17, 15) is 9.59 Å². The van der Waals surface area contributed by atoms with Gasteiger partial charge in [0.2, 0.25) is 11.8 Å². The van der Waals surface area contributed by atoms with Gasteiger partial charge in [0, 0.05) is 31.9 Å². The van der Waals surface area contributed by atoms with Crippen LogP contribution in [0.5, 0.6) is 0 Å². The van der Waals surface area contributed by atoms with Crippen LogP contribution in [0.4, 0.5) is 5.69 Å². The number of hydrogen-bond acceptors (Lipinski definition) is 3. The van der Waals surface area contributed by atoms with Crippen LogP contribution in [0, 0.1) is 0 Å². The summed E-state index contributed by atoms with van der Waals surface area (Å²) in [6, 6.07) is 23.9. The second kappa shape index (κ2) is 8.88. The quantitative estimate of drug-likeness (QED) is 0.732. The summed E-state index contributed by atoms with van der Waals surface area (Å²) < 4.78 is 0. The molecule has 0 aliphatic carbocycles. The van der Waals surface area contributed by atoms with Crippen molar-refractivity contribution < 1.29 is 9.59 Å². The summed E-state index contributed by atoms with van der Waals surface area (Å²) in [4.78, 5) is 28.9. The van der Waals surface area contributed by atoms with Gasteiger partial charge in [-0.1, -0.05) is 60.7 Å². The van der Waals surface area contributed by atoms with Gasteiger partial charge < -0.3 is 10.2 Å². The van der Waals surface area contributed by atoms with Crippen molar-refractivity contribution >= 4 is 28.3 Å². The second-order valence-corrected chi connectivity index (χ2v) is 7.43. The maximum atomic E-state index is 12.7. The van der Waals surface area contributed by atoms with Crippen LogP contribution in [-0.4, -0.2) is 54.3 Å². The van der Waals surface area contributed by atoms with Gasteiger partial charge in [0.15, 0.2) is 0 Å². The van der Waals surface area contributed by atoms with E-state index in [0.29, 0.717) is 39.1 Å². The molecule has 4 rings (SSSR count). The Morgan fingerprint density at radius 3 is 2.24 bits per heavy atom. The van der Waals surface area contributed by atoms with E-state index in [1.165, 1.54) is 5.39 Å². The van der Waals surface area contributed by atoms with Crippen LogP contribution in [0.25, 0.3) is 10.8 Å². The van der Waals surface area contributed by atoms with Crippen molar-refractivity contribution in [2.45, 2.75) is 6.42 Å². The standard InChI is InChI=1S/C24H25N3O2/c28-23(25-22-8-2-1-3-9-22)18-26-12-14-27(15-13-26)24(29)17-19-10-11-20-6-4-5-7-21(20)16-19/h1-11,16H,12-15,17-18H2,(H,25,28). The van der Waals surface area contributed by atoms with Crippen LogP contribution in [-0.2, 0) is 16.0 Å². The lowest BCUT2D eigenvalue weighted by molar-refractivity contribution is -0.132. The largest absolute Gasteiger partial charge is 0.340 e. The molecule has 0 atom stereocenters. The number of fused-ring (bicyclic) bond motifs is 1. The molecule has 0 unspecified atom stereocenters. The first kappa shape index (κ1) is 19.2. The van der Waals surface area contributed by atoms with E-state index in [4.69, 9.17) is 0 Å². The van der Waals surface area contributed by atoms with Crippen molar-refractivity contribution in [1.82, 2.24) is 9.80 Å². The Labute approximate surface area is 170 Å². The summed E-state index contributed by atoms with van der Waals surface area (Å²) in [6.45, 7) is 3.09. The van der Waals surface area contributed by atoms with Gasteiger partial charge in [-0.3, -0.25) is 14.5 Å². The van der Waals surface area contributed by atoms with E-state index < -0.39 is 0 Å². The number of carbonyl (C=O) groups is 2. The lowest BCUT2D eigenvalue weighted by atomic mass is 10.0. The fourth-order valence-corrected chi connectivity index (χ4v) is 3.72. The SMILES string of the molecule is O=C(CN1CCN(C(=O)Cc2ccc3ccccc3c2)CC1)Nc1ccccc1. The van der Waals surface area contributed by atoms with Crippen molar-refractivity contribution in [3.63, 3.8) is 0 Å². The third-order valence-corrected chi connectivity index (χ3v) is 5.32. The van der Waals surface area contributed by atoms with E-state index in [0.717, 1.165) is 16.6 Å². The molecule has 0 spiro atoms. The topological polar surface area (TPSA) is 52.7 Å². The molecule has 1 N–H and O–H groups in total. The average molecular weight is 387 g/mol. The molecule has 1 saturated heterocycles. The molecule has 0 bridgehead atoms. The predicted octanol–water partition coefficient (Wildman–Crippen LogP) is 3.17. The van der Waals surface area contributed by atoms with Crippen molar-refractivity contribution in [1.29, 1.82) is 0 Å². The Morgan fingerprint density at radius 1 is 0.793 bits per heavy atom. The van der Waals surface area contributed by atoms with Gasteiger partial charge in [-0.2, -0.15) is 0 Å². The summed E-state index contributed by atoms with van der Waals surface area (Å²) in [7, 11) is 0. The summed E-state index contributed by atoms with van der Waals surface area (Å²) in [6.07, 6.45) is 0.416. The zero-order valence-electron chi connectivity index (χ0n) is 16.4. The number of anilines is 1. The summed E-state index contributed by atoms with van der Waals surface area (Å²) >= 11 is 0. The molecular formula is C24H25N3O2. The summed E-state index contributed by atoms with van der Waals surface area (Å²) in [5, 5.41) is 5.25. The lowest BCUT2D eigenvalue weighted by Crippen LogP contribution is -2.50. The highest BCUT2D eigenvalue weighted by molar-refractivity contribution is 5.92. The number of benzene rings is 3. The fourth-order valence-electron chi connectivity index (χ4n) is 3.72. The Hall–Kier alpha value is -3.18. The average Bonchev–Trinajstić information content (AvgIpc) is 2.75. The van der Waals surface area contributed by atoms with Gasteiger partial charge in [0.25, 0.3) is 0 Å². The van der Waals surface area contributed by atoms with Gasteiger partial charge in [-0.15, -0.1) is 0 Å². The highest BCUT2D eigenvalue weighted by Gasteiger charge is 2.22. The highest BCUT2D eigenvalue weighted by atomic mass is 16.2. The fraction of sp³-hybridized carbons (Fsp3) is 0.250. The van der Waals surface area contributed by atoms with Crippen LogP contribution in [0.3, 0.4) is 0 Å². The molecule has 3 aromatic carbocycles. The maximum absolute atomic E-state index is 12.7. The number of nitrogens with zero attached hydrogens (tertiary/aromatic N) is 2. The molecule has 3 aromatic rings. The van der Waals surface area contributed by atoms with Gasteiger partial charge in [-0.05, 0) is 28.5 Å². The van der Waals surface area contributed by atoms with E-state index >= 15 is 0 Å². The monoisotopic (exact) mass is 387 g/mol. The van der Waals surface area contributed by atoms with E-state index in [1.807, 2.05) is 53.4 Å². The number of amides is 2. The number of piperazine rings is 1. The number of para-hydroxylation sites is 1. The Kier molecular flexibility index (Phi) is 5.86. The zero-order valence-corrected chi connectivity index (χ0v) is 16.4. The van der Waals surface area contributed by atoms with E-state index in [2.05, 4.69) is 34.5 Å². The normalized spacial score (nSPS) is 14.7.